The molecule has 0 atom stereocenters. The van der Waals surface area contributed by atoms with E-state index in [1.807, 2.05) is 37.6 Å². The van der Waals surface area contributed by atoms with Crippen LogP contribution < -0.4 is 5.32 Å². The van der Waals surface area contributed by atoms with E-state index >= 15 is 0 Å². The lowest BCUT2D eigenvalue weighted by atomic mass is 10.1. The first kappa shape index (κ1) is 20.8. The van der Waals surface area contributed by atoms with E-state index in [-0.39, 0.29) is 6.54 Å². The van der Waals surface area contributed by atoms with Crippen molar-refractivity contribution in [2.24, 2.45) is 7.05 Å². The lowest BCUT2D eigenvalue weighted by Gasteiger charge is -2.05. The normalized spacial score (nSPS) is 12.2. The van der Waals surface area contributed by atoms with Crippen LogP contribution in [0.4, 0.5) is 13.2 Å². The van der Waals surface area contributed by atoms with Gasteiger partial charge in [0.15, 0.2) is 0 Å². The maximum atomic E-state index is 12.3. The first-order valence-electron chi connectivity index (χ1n) is 9.39. The van der Waals surface area contributed by atoms with E-state index in [4.69, 9.17) is 0 Å². The molecule has 0 radical (unpaired) electrons. The second-order valence-electron chi connectivity index (χ2n) is 6.97. The number of aromatic nitrogens is 7. The molecule has 5 aromatic rings. The van der Waals surface area contributed by atoms with Crippen LogP contribution in [-0.2, 0) is 13.6 Å². The van der Waals surface area contributed by atoms with Gasteiger partial charge in [0.25, 0.3) is 0 Å². The summed E-state index contributed by atoms with van der Waals surface area (Å²) in [6, 6.07) is 7.92. The number of aryl methyl sites for hydroxylation is 1. The third-order valence-electron chi connectivity index (χ3n) is 4.51. The van der Waals surface area contributed by atoms with Gasteiger partial charge in [0, 0.05) is 40.8 Å². The summed E-state index contributed by atoms with van der Waals surface area (Å²) in [5.74, 6) is 0. The molecule has 0 bridgehead atoms. The molecule has 0 saturated carbocycles. The molecular formula is C19H15F3N8S2. The smallest absolute Gasteiger partial charge is 0.302 e. The molecule has 164 valence electrons. The second kappa shape index (κ2) is 8.15. The van der Waals surface area contributed by atoms with Gasteiger partial charge < -0.3 is 5.32 Å². The Morgan fingerprint density at radius 2 is 2.00 bits per heavy atom. The van der Waals surface area contributed by atoms with Gasteiger partial charge in [-0.1, -0.05) is 11.3 Å². The van der Waals surface area contributed by atoms with Crippen molar-refractivity contribution in [1.82, 2.24) is 39.9 Å². The van der Waals surface area contributed by atoms with Crippen LogP contribution in [0.15, 0.2) is 52.9 Å². The van der Waals surface area contributed by atoms with Gasteiger partial charge in [-0.15, -0.1) is 10.2 Å². The summed E-state index contributed by atoms with van der Waals surface area (Å²) in [7, 11) is 1.86. The molecule has 0 saturated heterocycles. The van der Waals surface area contributed by atoms with E-state index < -0.39 is 12.7 Å². The summed E-state index contributed by atoms with van der Waals surface area (Å²) in [5.41, 5.74) is 2.81. The van der Waals surface area contributed by atoms with Crippen LogP contribution in [0.25, 0.3) is 27.0 Å². The predicted octanol–water partition coefficient (Wildman–Crippen LogP) is 3.94. The Bertz CT molecular complexity index is 1400. The molecule has 1 aromatic carbocycles. The zero-order valence-corrected chi connectivity index (χ0v) is 18.2. The molecule has 0 amide bonds. The van der Waals surface area contributed by atoms with Gasteiger partial charge in [-0.3, -0.25) is 9.67 Å². The Morgan fingerprint density at radius 3 is 2.78 bits per heavy atom. The number of fused-ring (bicyclic) bond motifs is 2. The highest BCUT2D eigenvalue weighted by molar-refractivity contribution is 7.99. The lowest BCUT2D eigenvalue weighted by molar-refractivity contribution is -0.125. The fourth-order valence-corrected chi connectivity index (χ4v) is 4.78. The van der Waals surface area contributed by atoms with E-state index in [2.05, 4.69) is 36.8 Å². The quantitative estimate of drug-likeness (QED) is 0.397. The Kier molecular flexibility index (Phi) is 5.31. The minimum Gasteiger partial charge on any atom is -0.302 e. The highest BCUT2D eigenvalue weighted by Gasteiger charge is 2.26. The van der Waals surface area contributed by atoms with Gasteiger partial charge >= 0.3 is 6.18 Å². The van der Waals surface area contributed by atoms with E-state index in [0.29, 0.717) is 15.1 Å². The van der Waals surface area contributed by atoms with Crippen LogP contribution in [0.3, 0.4) is 0 Å². The number of halogens is 3. The van der Waals surface area contributed by atoms with Crippen molar-refractivity contribution in [2.45, 2.75) is 22.8 Å². The summed E-state index contributed by atoms with van der Waals surface area (Å²) >= 11 is 2.58. The maximum Gasteiger partial charge on any atom is 0.401 e. The van der Waals surface area contributed by atoms with Crippen molar-refractivity contribution in [3.63, 3.8) is 0 Å². The monoisotopic (exact) mass is 476 g/mol. The van der Waals surface area contributed by atoms with Crippen molar-refractivity contribution >= 4 is 39.0 Å². The Labute approximate surface area is 187 Å². The number of alkyl halides is 3. The van der Waals surface area contributed by atoms with Gasteiger partial charge in [0.1, 0.15) is 5.01 Å². The average Bonchev–Trinajstić information content (AvgIpc) is 3.44. The minimum atomic E-state index is -4.26. The van der Waals surface area contributed by atoms with E-state index in [1.54, 1.807) is 15.4 Å². The van der Waals surface area contributed by atoms with Gasteiger partial charge in [0.05, 0.1) is 24.8 Å². The molecule has 32 heavy (non-hydrogen) atoms. The summed E-state index contributed by atoms with van der Waals surface area (Å²) in [4.78, 5) is 5.97. The molecule has 13 heteroatoms. The first-order valence-corrected chi connectivity index (χ1v) is 11.0. The van der Waals surface area contributed by atoms with Crippen LogP contribution in [-0.4, -0.2) is 47.3 Å². The number of pyridine rings is 1. The number of benzene rings is 1. The van der Waals surface area contributed by atoms with Crippen molar-refractivity contribution in [3.8, 4) is 11.1 Å². The van der Waals surface area contributed by atoms with Gasteiger partial charge in [0.2, 0.25) is 10.1 Å². The molecule has 4 aromatic heterocycles. The minimum absolute atomic E-state index is 0.0103. The zero-order valence-electron chi connectivity index (χ0n) is 16.5. The molecular weight excluding hydrogens is 461 g/mol. The number of nitrogens with one attached hydrogen (secondary N) is 1. The fourth-order valence-electron chi connectivity index (χ4n) is 3.09. The Hall–Kier alpha value is -3.03. The van der Waals surface area contributed by atoms with Crippen molar-refractivity contribution in [2.75, 3.05) is 6.54 Å². The van der Waals surface area contributed by atoms with Crippen LogP contribution in [0.2, 0.25) is 0 Å². The summed E-state index contributed by atoms with van der Waals surface area (Å²) in [5, 5.41) is 21.1. The SMILES string of the molecule is Cn1cc(-c2cnc3ccc(Sc4nnc5sc(CNCC(F)(F)F)nn45)cc3c2)cn1. The number of hydrogen-bond donors (Lipinski definition) is 1. The molecule has 0 aliphatic rings. The van der Waals surface area contributed by atoms with Gasteiger partial charge in [-0.25, -0.2) is 0 Å². The van der Waals surface area contributed by atoms with Crippen LogP contribution in [0.1, 0.15) is 5.01 Å². The molecule has 0 spiro atoms. The van der Waals surface area contributed by atoms with Crippen LogP contribution in [0.5, 0.6) is 0 Å². The number of hydrogen-bond acceptors (Lipinski definition) is 8. The lowest BCUT2D eigenvalue weighted by Crippen LogP contribution is -2.28. The van der Waals surface area contributed by atoms with Crippen molar-refractivity contribution in [3.05, 3.63) is 47.9 Å². The Balaban J connectivity index is 1.37. The number of rotatable bonds is 6. The maximum absolute atomic E-state index is 12.3. The third-order valence-corrected chi connectivity index (χ3v) is 6.33. The Morgan fingerprint density at radius 1 is 1.12 bits per heavy atom. The molecule has 0 fully saturated rings. The molecule has 1 N–H and O–H groups in total. The summed E-state index contributed by atoms with van der Waals surface area (Å²) in [6.45, 7) is -1.06. The highest BCUT2D eigenvalue weighted by Crippen LogP contribution is 2.31. The van der Waals surface area contributed by atoms with E-state index in [9.17, 15) is 13.2 Å². The van der Waals surface area contributed by atoms with Crippen molar-refractivity contribution < 1.29 is 13.2 Å². The fraction of sp³-hybridized carbons (Fsp3) is 0.211. The highest BCUT2D eigenvalue weighted by atomic mass is 32.2. The molecule has 5 rings (SSSR count). The molecule has 8 nitrogen and oxygen atoms in total. The van der Waals surface area contributed by atoms with Gasteiger partial charge in [-0.2, -0.15) is 27.9 Å². The predicted molar refractivity (Wildman–Crippen MR) is 114 cm³/mol. The van der Waals surface area contributed by atoms with Crippen LogP contribution >= 0.6 is 23.1 Å². The van der Waals surface area contributed by atoms with Crippen LogP contribution in [0, 0.1) is 0 Å². The third kappa shape index (κ3) is 4.45. The topological polar surface area (TPSA) is 85.8 Å². The largest absolute Gasteiger partial charge is 0.401 e. The zero-order chi connectivity index (χ0) is 22.3. The molecule has 4 heterocycles. The van der Waals surface area contributed by atoms with Crippen molar-refractivity contribution in [1.29, 1.82) is 0 Å². The van der Waals surface area contributed by atoms with E-state index in [0.717, 1.165) is 26.9 Å². The van der Waals surface area contributed by atoms with E-state index in [1.165, 1.54) is 23.1 Å². The summed E-state index contributed by atoms with van der Waals surface area (Å²) in [6.07, 6.45) is 1.27. The summed E-state index contributed by atoms with van der Waals surface area (Å²) < 4.78 is 40.3. The first-order chi connectivity index (χ1) is 15.3. The second-order valence-corrected chi connectivity index (χ2v) is 9.06. The molecule has 0 aliphatic carbocycles. The van der Waals surface area contributed by atoms with Gasteiger partial charge in [-0.05, 0) is 36.0 Å². The standard InChI is InChI=1S/C19H15F3N8S2/c1-29-9-13(7-25-29)12-4-11-5-14(2-3-15(11)24-6-12)31-17-26-27-18-30(17)28-16(32-18)8-23-10-19(20,21)22/h2-7,9,23H,8,10H2,1H3. The molecule has 0 aliphatic heterocycles. The average molecular weight is 477 g/mol. The number of nitrogens with zero attached hydrogens (tertiary/aromatic N) is 7. The molecule has 0 unspecified atom stereocenters.